The van der Waals surface area contributed by atoms with E-state index < -0.39 is 0 Å². The number of hydrogen-bond donors (Lipinski definition) is 2. The fourth-order valence-corrected chi connectivity index (χ4v) is 3.41. The van der Waals surface area contributed by atoms with E-state index in [1.165, 1.54) is 6.07 Å². The maximum Gasteiger partial charge on any atom is 0.129 e. The highest BCUT2D eigenvalue weighted by Gasteiger charge is 2.08. The van der Waals surface area contributed by atoms with E-state index in [0.29, 0.717) is 18.7 Å². The number of nitrogens with zero attached hydrogens (tertiary/aromatic N) is 1. The summed E-state index contributed by atoms with van der Waals surface area (Å²) in [6.45, 7) is 1.39. The summed E-state index contributed by atoms with van der Waals surface area (Å²) in [6, 6.07) is 20.4. The Labute approximate surface area is 170 Å². The van der Waals surface area contributed by atoms with E-state index in [2.05, 4.69) is 31.2 Å². The molecule has 0 saturated carbocycles. The van der Waals surface area contributed by atoms with Crippen molar-refractivity contribution < 1.29 is 9.13 Å². The van der Waals surface area contributed by atoms with Crippen molar-refractivity contribution in [3.8, 4) is 5.75 Å². The molecule has 1 aromatic heterocycles. The normalized spacial score (nSPS) is 11.1. The van der Waals surface area contributed by atoms with Crippen molar-refractivity contribution in [2.24, 2.45) is 0 Å². The van der Waals surface area contributed by atoms with Crippen molar-refractivity contribution in [2.45, 2.75) is 19.7 Å². The topological polar surface area (TPSA) is 49.9 Å². The first kappa shape index (κ1) is 18.7. The maximum absolute atomic E-state index is 13.8. The number of fused-ring (bicyclic) bond motifs is 1. The molecule has 0 aliphatic heterocycles. The molecule has 0 aliphatic carbocycles. The summed E-state index contributed by atoms with van der Waals surface area (Å²) in [7, 11) is 0. The van der Waals surface area contributed by atoms with E-state index >= 15 is 0 Å². The van der Waals surface area contributed by atoms with E-state index in [9.17, 15) is 4.39 Å². The van der Waals surface area contributed by atoms with Gasteiger partial charge in [0.25, 0.3) is 0 Å². The van der Waals surface area contributed by atoms with Crippen LogP contribution in [0.4, 0.5) is 4.39 Å². The van der Waals surface area contributed by atoms with Gasteiger partial charge in [-0.3, -0.25) is 0 Å². The molecule has 6 heteroatoms. The van der Waals surface area contributed by atoms with Gasteiger partial charge in [-0.05, 0) is 36.4 Å². The molecule has 4 rings (SSSR count). The van der Waals surface area contributed by atoms with Crippen LogP contribution in [-0.4, -0.2) is 9.97 Å². The van der Waals surface area contributed by atoms with Gasteiger partial charge < -0.3 is 15.0 Å². The summed E-state index contributed by atoms with van der Waals surface area (Å²) < 4.78 is 20.7. The molecule has 3 aromatic carbocycles. The van der Waals surface area contributed by atoms with Crippen molar-refractivity contribution in [3.63, 3.8) is 0 Å². The summed E-state index contributed by atoms with van der Waals surface area (Å²) in [4.78, 5) is 7.87. The Hall–Kier alpha value is -2.70. The standard InChI is InChI=1S/C22H19BrFN3O/c23-17-9-10-21(28-14-15-5-1-2-6-18(15)24)16(11-17)12-25-13-22-26-19-7-3-4-8-20(19)27-22/h1-11,25H,12-14H2,(H,26,27). The number of hydrogen-bond acceptors (Lipinski definition) is 3. The number of aromatic nitrogens is 2. The van der Waals surface area contributed by atoms with E-state index in [1.807, 2.05) is 42.5 Å². The van der Waals surface area contributed by atoms with Gasteiger partial charge in [-0.2, -0.15) is 0 Å². The van der Waals surface area contributed by atoms with Gasteiger partial charge in [0.15, 0.2) is 0 Å². The van der Waals surface area contributed by atoms with Gasteiger partial charge in [0.1, 0.15) is 24.0 Å². The third-order valence-corrected chi connectivity index (χ3v) is 4.90. The van der Waals surface area contributed by atoms with E-state index in [0.717, 1.165) is 32.6 Å². The molecule has 1 heterocycles. The van der Waals surface area contributed by atoms with Gasteiger partial charge in [-0.25, -0.2) is 9.37 Å². The molecular formula is C22H19BrFN3O. The second kappa shape index (κ2) is 8.54. The number of rotatable bonds is 7. The molecule has 0 aliphatic rings. The van der Waals surface area contributed by atoms with Crippen LogP contribution in [0.5, 0.6) is 5.75 Å². The Morgan fingerprint density at radius 3 is 2.64 bits per heavy atom. The zero-order valence-electron chi connectivity index (χ0n) is 15.1. The molecule has 0 amide bonds. The second-order valence-corrected chi connectivity index (χ2v) is 7.35. The minimum Gasteiger partial charge on any atom is -0.488 e. The number of nitrogens with one attached hydrogen (secondary N) is 2. The quantitative estimate of drug-likeness (QED) is 0.408. The van der Waals surface area contributed by atoms with Gasteiger partial charge in [0.2, 0.25) is 0 Å². The molecule has 0 radical (unpaired) electrons. The van der Waals surface area contributed by atoms with Crippen molar-refractivity contribution in [1.29, 1.82) is 0 Å². The molecule has 0 spiro atoms. The number of H-pyrrole nitrogens is 1. The minimum atomic E-state index is -0.260. The predicted molar refractivity (Wildman–Crippen MR) is 112 cm³/mol. The Morgan fingerprint density at radius 2 is 1.79 bits per heavy atom. The van der Waals surface area contributed by atoms with Crippen molar-refractivity contribution in [2.75, 3.05) is 0 Å². The molecule has 0 saturated heterocycles. The van der Waals surface area contributed by atoms with Gasteiger partial charge in [0, 0.05) is 22.1 Å². The molecule has 0 unspecified atom stereocenters. The average Bonchev–Trinajstić information content (AvgIpc) is 3.11. The maximum atomic E-state index is 13.8. The van der Waals surface area contributed by atoms with Crippen molar-refractivity contribution in [3.05, 3.63) is 94.0 Å². The molecular weight excluding hydrogens is 421 g/mol. The second-order valence-electron chi connectivity index (χ2n) is 6.44. The van der Waals surface area contributed by atoms with Gasteiger partial charge in [0.05, 0.1) is 17.6 Å². The third kappa shape index (κ3) is 4.40. The number of halogens is 2. The zero-order chi connectivity index (χ0) is 19.3. The van der Waals surface area contributed by atoms with Crippen LogP contribution in [0.25, 0.3) is 11.0 Å². The number of para-hydroxylation sites is 2. The summed E-state index contributed by atoms with van der Waals surface area (Å²) in [6.07, 6.45) is 0. The number of imidazole rings is 1. The van der Waals surface area contributed by atoms with Crippen LogP contribution in [0, 0.1) is 5.82 Å². The first-order valence-electron chi connectivity index (χ1n) is 8.98. The molecule has 28 heavy (non-hydrogen) atoms. The largest absolute Gasteiger partial charge is 0.488 e. The first-order chi connectivity index (χ1) is 13.7. The minimum absolute atomic E-state index is 0.185. The van der Waals surface area contributed by atoms with E-state index in [4.69, 9.17) is 4.74 Å². The number of ether oxygens (including phenoxy) is 1. The fourth-order valence-electron chi connectivity index (χ4n) is 3.00. The van der Waals surface area contributed by atoms with Crippen molar-refractivity contribution in [1.82, 2.24) is 15.3 Å². The Morgan fingerprint density at radius 1 is 0.964 bits per heavy atom. The molecule has 142 valence electrons. The summed E-state index contributed by atoms with van der Waals surface area (Å²) in [5, 5.41) is 3.39. The lowest BCUT2D eigenvalue weighted by atomic mass is 10.2. The summed E-state index contributed by atoms with van der Waals surface area (Å²) in [5.74, 6) is 1.35. The molecule has 2 N–H and O–H groups in total. The molecule has 4 nitrogen and oxygen atoms in total. The highest BCUT2D eigenvalue weighted by Crippen LogP contribution is 2.24. The van der Waals surface area contributed by atoms with Crippen LogP contribution >= 0.6 is 15.9 Å². The molecule has 4 aromatic rings. The number of benzene rings is 3. The monoisotopic (exact) mass is 439 g/mol. The molecule has 0 fully saturated rings. The van der Waals surface area contributed by atoms with Crippen molar-refractivity contribution >= 4 is 27.0 Å². The van der Waals surface area contributed by atoms with E-state index in [1.54, 1.807) is 18.2 Å². The van der Waals surface area contributed by atoms with Crippen LogP contribution in [0.1, 0.15) is 17.0 Å². The highest BCUT2D eigenvalue weighted by molar-refractivity contribution is 9.10. The Kier molecular flexibility index (Phi) is 5.69. The average molecular weight is 440 g/mol. The Bertz CT molecular complexity index is 1060. The summed E-state index contributed by atoms with van der Waals surface area (Å²) >= 11 is 3.50. The lowest BCUT2D eigenvalue weighted by Crippen LogP contribution is -2.14. The van der Waals surface area contributed by atoms with Gasteiger partial charge in [-0.1, -0.05) is 46.3 Å². The predicted octanol–water partition coefficient (Wildman–Crippen LogP) is 5.33. The lowest BCUT2D eigenvalue weighted by molar-refractivity contribution is 0.296. The number of aromatic amines is 1. The van der Waals surface area contributed by atoms with Crippen LogP contribution < -0.4 is 10.1 Å². The SMILES string of the molecule is Fc1ccccc1COc1ccc(Br)cc1CNCc1nc2ccccc2[nH]1. The third-order valence-electron chi connectivity index (χ3n) is 4.41. The summed E-state index contributed by atoms with van der Waals surface area (Å²) in [5.41, 5.74) is 3.50. The highest BCUT2D eigenvalue weighted by atomic mass is 79.9. The molecule has 0 bridgehead atoms. The fraction of sp³-hybridized carbons (Fsp3) is 0.136. The van der Waals surface area contributed by atoms with Gasteiger partial charge >= 0.3 is 0 Å². The first-order valence-corrected chi connectivity index (χ1v) is 9.77. The Balaban J connectivity index is 1.42. The lowest BCUT2D eigenvalue weighted by Gasteiger charge is -2.13. The smallest absolute Gasteiger partial charge is 0.129 e. The molecule has 0 atom stereocenters. The van der Waals surface area contributed by atoms with Crippen LogP contribution in [0.15, 0.2) is 71.2 Å². The van der Waals surface area contributed by atoms with Crippen LogP contribution in [0.3, 0.4) is 0 Å². The van der Waals surface area contributed by atoms with E-state index in [-0.39, 0.29) is 12.4 Å². The zero-order valence-corrected chi connectivity index (χ0v) is 16.7. The van der Waals surface area contributed by atoms with Crippen LogP contribution in [0.2, 0.25) is 0 Å². The van der Waals surface area contributed by atoms with Crippen LogP contribution in [-0.2, 0) is 19.7 Å². The van der Waals surface area contributed by atoms with Gasteiger partial charge in [-0.15, -0.1) is 0 Å².